The fraction of sp³-hybridized carbons (Fsp3) is 0.667. The smallest absolute Gasteiger partial charge is 0.250 e. The molecule has 1 atom stereocenters. The SMILES string of the molecule is CN=C(NCCNS(=O)(=O)c1ccc(C)s1)NCC1(C)CCCO1. The van der Waals surface area contributed by atoms with Gasteiger partial charge in [0.05, 0.1) is 5.60 Å². The number of thiophene rings is 1. The summed E-state index contributed by atoms with van der Waals surface area (Å²) < 4.78 is 32.9. The lowest BCUT2D eigenvalue weighted by Gasteiger charge is -2.24. The van der Waals surface area contributed by atoms with E-state index in [-0.39, 0.29) is 12.1 Å². The van der Waals surface area contributed by atoms with E-state index in [2.05, 4.69) is 27.3 Å². The Hall–Kier alpha value is -1.16. The summed E-state index contributed by atoms with van der Waals surface area (Å²) in [5, 5.41) is 6.32. The number of guanidine groups is 1. The number of nitrogens with one attached hydrogen (secondary N) is 3. The Balaban J connectivity index is 1.72. The lowest BCUT2D eigenvalue weighted by Crippen LogP contribution is -2.47. The van der Waals surface area contributed by atoms with Crippen LogP contribution in [0.1, 0.15) is 24.6 Å². The minimum atomic E-state index is -3.43. The molecule has 24 heavy (non-hydrogen) atoms. The highest BCUT2D eigenvalue weighted by Gasteiger charge is 2.29. The van der Waals surface area contributed by atoms with Gasteiger partial charge in [-0.2, -0.15) is 0 Å². The molecule has 0 radical (unpaired) electrons. The van der Waals surface area contributed by atoms with Gasteiger partial charge in [-0.25, -0.2) is 13.1 Å². The van der Waals surface area contributed by atoms with E-state index in [1.165, 1.54) is 11.3 Å². The summed E-state index contributed by atoms with van der Waals surface area (Å²) >= 11 is 1.26. The molecule has 1 saturated heterocycles. The maximum atomic E-state index is 12.1. The Morgan fingerprint density at radius 3 is 2.75 bits per heavy atom. The molecular formula is C15H26N4O3S2. The molecule has 1 aliphatic rings. The van der Waals surface area contributed by atoms with Crippen LogP contribution >= 0.6 is 11.3 Å². The van der Waals surface area contributed by atoms with Crippen molar-refractivity contribution in [1.82, 2.24) is 15.4 Å². The summed E-state index contributed by atoms with van der Waals surface area (Å²) in [4.78, 5) is 5.11. The Bertz CT molecular complexity index is 664. The Morgan fingerprint density at radius 2 is 2.17 bits per heavy atom. The molecule has 0 aromatic carbocycles. The maximum absolute atomic E-state index is 12.1. The number of aryl methyl sites for hydroxylation is 1. The first-order valence-corrected chi connectivity index (χ1v) is 10.3. The third-order valence-corrected chi connectivity index (χ3v) is 6.80. The van der Waals surface area contributed by atoms with Crippen molar-refractivity contribution in [3.05, 3.63) is 17.0 Å². The van der Waals surface area contributed by atoms with Crippen molar-refractivity contribution < 1.29 is 13.2 Å². The van der Waals surface area contributed by atoms with Crippen LogP contribution in [0.25, 0.3) is 0 Å². The van der Waals surface area contributed by atoms with Crippen LogP contribution in [-0.2, 0) is 14.8 Å². The van der Waals surface area contributed by atoms with Gasteiger partial charge >= 0.3 is 0 Å². The topological polar surface area (TPSA) is 91.8 Å². The molecule has 1 aromatic rings. The van der Waals surface area contributed by atoms with Crippen molar-refractivity contribution in [3.8, 4) is 0 Å². The van der Waals surface area contributed by atoms with Crippen molar-refractivity contribution in [1.29, 1.82) is 0 Å². The first-order valence-electron chi connectivity index (χ1n) is 7.99. The van der Waals surface area contributed by atoms with Crippen LogP contribution in [0.2, 0.25) is 0 Å². The highest BCUT2D eigenvalue weighted by molar-refractivity contribution is 7.91. The molecule has 7 nitrogen and oxygen atoms in total. The standard InChI is InChI=1S/C15H26N4O3S2/c1-12-5-6-13(23-12)24(20,21)19-9-8-17-14(16-3)18-11-15(2)7-4-10-22-15/h5-6,19H,4,7-11H2,1-3H3,(H2,16,17,18). The first-order chi connectivity index (χ1) is 11.3. The van der Waals surface area contributed by atoms with E-state index >= 15 is 0 Å². The molecule has 1 aromatic heterocycles. The van der Waals surface area contributed by atoms with Crippen molar-refractivity contribution in [2.24, 2.45) is 4.99 Å². The highest BCUT2D eigenvalue weighted by Crippen LogP contribution is 2.23. The van der Waals surface area contributed by atoms with Gasteiger partial charge in [0.2, 0.25) is 10.0 Å². The average Bonchev–Trinajstić information content (AvgIpc) is 3.16. The van der Waals surface area contributed by atoms with Gasteiger partial charge in [0, 0.05) is 38.2 Å². The molecule has 136 valence electrons. The predicted molar refractivity (Wildman–Crippen MR) is 97.2 cm³/mol. The lowest BCUT2D eigenvalue weighted by molar-refractivity contribution is 0.0243. The zero-order valence-electron chi connectivity index (χ0n) is 14.4. The normalized spacial score (nSPS) is 21.9. The van der Waals surface area contributed by atoms with Crippen molar-refractivity contribution in [2.75, 3.05) is 33.3 Å². The monoisotopic (exact) mass is 374 g/mol. The van der Waals surface area contributed by atoms with Gasteiger partial charge < -0.3 is 15.4 Å². The molecule has 3 N–H and O–H groups in total. The summed E-state index contributed by atoms with van der Waals surface area (Å²) in [5.74, 6) is 0.637. The van der Waals surface area contributed by atoms with Gasteiger partial charge in [-0.05, 0) is 38.8 Å². The van der Waals surface area contributed by atoms with Gasteiger partial charge in [-0.15, -0.1) is 11.3 Å². The van der Waals surface area contributed by atoms with Crippen LogP contribution in [0, 0.1) is 6.92 Å². The van der Waals surface area contributed by atoms with Crippen LogP contribution < -0.4 is 15.4 Å². The summed E-state index contributed by atoms with van der Waals surface area (Å²) in [6, 6.07) is 3.42. The second-order valence-corrected chi connectivity index (χ2v) is 9.30. The van der Waals surface area contributed by atoms with Crippen LogP contribution in [0.4, 0.5) is 0 Å². The Kier molecular flexibility index (Phi) is 6.62. The van der Waals surface area contributed by atoms with Gasteiger partial charge in [-0.1, -0.05) is 0 Å². The number of nitrogens with zero attached hydrogens (tertiary/aromatic N) is 1. The zero-order chi connectivity index (χ0) is 17.6. The Labute approximate surface area is 147 Å². The summed E-state index contributed by atoms with van der Waals surface area (Å²) in [7, 11) is -1.74. The third kappa shape index (κ3) is 5.44. The van der Waals surface area contributed by atoms with Crippen LogP contribution in [0.5, 0.6) is 0 Å². The minimum absolute atomic E-state index is 0.157. The predicted octanol–water partition coefficient (Wildman–Crippen LogP) is 1.07. The van der Waals surface area contributed by atoms with Gasteiger partial charge in [-0.3, -0.25) is 4.99 Å². The van der Waals surface area contributed by atoms with Crippen molar-refractivity contribution >= 4 is 27.3 Å². The van der Waals surface area contributed by atoms with Crippen molar-refractivity contribution in [3.63, 3.8) is 0 Å². The molecule has 0 aliphatic carbocycles. The Morgan fingerprint density at radius 1 is 1.38 bits per heavy atom. The van der Waals surface area contributed by atoms with E-state index in [0.29, 0.717) is 23.3 Å². The molecule has 0 saturated carbocycles. The molecule has 0 bridgehead atoms. The molecule has 9 heteroatoms. The van der Waals surface area contributed by atoms with E-state index in [1.807, 2.05) is 6.92 Å². The molecule has 1 aliphatic heterocycles. The molecule has 1 fully saturated rings. The van der Waals surface area contributed by atoms with E-state index in [4.69, 9.17) is 4.74 Å². The first kappa shape index (κ1) is 19.2. The van der Waals surface area contributed by atoms with Gasteiger partial charge in [0.25, 0.3) is 0 Å². The fourth-order valence-corrected chi connectivity index (χ4v) is 4.82. The number of hydrogen-bond acceptors (Lipinski definition) is 5. The van der Waals surface area contributed by atoms with E-state index in [1.54, 1.807) is 19.2 Å². The molecule has 0 amide bonds. The summed E-state index contributed by atoms with van der Waals surface area (Å²) in [6.07, 6.45) is 2.10. The summed E-state index contributed by atoms with van der Waals surface area (Å²) in [6.45, 7) is 6.17. The van der Waals surface area contributed by atoms with Crippen molar-refractivity contribution in [2.45, 2.75) is 36.5 Å². The number of aliphatic imine (C=N–C) groups is 1. The largest absolute Gasteiger partial charge is 0.373 e. The summed E-state index contributed by atoms with van der Waals surface area (Å²) in [5.41, 5.74) is -0.157. The van der Waals surface area contributed by atoms with Gasteiger partial charge in [0.15, 0.2) is 5.96 Å². The molecule has 2 heterocycles. The van der Waals surface area contributed by atoms with Crippen LogP contribution in [-0.4, -0.2) is 53.3 Å². The second kappa shape index (κ2) is 8.28. The van der Waals surface area contributed by atoms with E-state index in [9.17, 15) is 8.42 Å². The number of sulfonamides is 1. The van der Waals surface area contributed by atoms with Crippen LogP contribution in [0.3, 0.4) is 0 Å². The number of rotatable bonds is 7. The number of hydrogen-bond donors (Lipinski definition) is 3. The van der Waals surface area contributed by atoms with E-state index < -0.39 is 10.0 Å². The van der Waals surface area contributed by atoms with E-state index in [0.717, 1.165) is 24.3 Å². The maximum Gasteiger partial charge on any atom is 0.250 e. The molecule has 0 spiro atoms. The molecule has 1 unspecified atom stereocenters. The van der Waals surface area contributed by atoms with Crippen LogP contribution in [0.15, 0.2) is 21.3 Å². The highest BCUT2D eigenvalue weighted by atomic mass is 32.2. The quantitative estimate of drug-likeness (QED) is 0.377. The van der Waals surface area contributed by atoms with Gasteiger partial charge in [0.1, 0.15) is 4.21 Å². The zero-order valence-corrected chi connectivity index (χ0v) is 16.0. The average molecular weight is 375 g/mol. The number of ether oxygens (including phenoxy) is 1. The second-order valence-electron chi connectivity index (χ2n) is 6.02. The lowest BCUT2D eigenvalue weighted by atomic mass is 10.0. The molecule has 2 rings (SSSR count). The third-order valence-electron chi connectivity index (χ3n) is 3.84. The minimum Gasteiger partial charge on any atom is -0.373 e. The fourth-order valence-electron chi connectivity index (χ4n) is 2.46. The molecular weight excluding hydrogens is 348 g/mol.